The number of hydrogen-bond donors (Lipinski definition) is 2. The van der Waals surface area contributed by atoms with Crippen molar-refractivity contribution in [2.45, 2.75) is 13.8 Å². The van der Waals surface area contributed by atoms with Gasteiger partial charge in [0.15, 0.2) is 17.3 Å². The van der Waals surface area contributed by atoms with Crippen LogP contribution in [0.3, 0.4) is 0 Å². The Labute approximate surface area is 155 Å². The van der Waals surface area contributed by atoms with Crippen LogP contribution < -0.4 is 19.6 Å². The predicted molar refractivity (Wildman–Crippen MR) is 100 cm³/mol. The molecular weight excluding hydrogens is 352 g/mol. The molecule has 3 aromatic rings. The van der Waals surface area contributed by atoms with E-state index in [0.717, 1.165) is 0 Å². The molecule has 0 fully saturated rings. The number of aromatic hydroxyl groups is 2. The van der Waals surface area contributed by atoms with Gasteiger partial charge >= 0.3 is 0 Å². The minimum atomic E-state index is -0.632. The summed E-state index contributed by atoms with van der Waals surface area (Å²) in [5, 5.41) is 20.6. The van der Waals surface area contributed by atoms with Gasteiger partial charge in [0.2, 0.25) is 11.2 Å². The number of benzene rings is 2. The van der Waals surface area contributed by atoms with Gasteiger partial charge in [0.25, 0.3) is 0 Å². The van der Waals surface area contributed by atoms with Crippen LogP contribution in [-0.4, -0.2) is 31.5 Å². The largest absolute Gasteiger partial charge is 0.504 e. The molecule has 0 bridgehead atoms. The Morgan fingerprint density at radius 2 is 1.59 bits per heavy atom. The lowest BCUT2D eigenvalue weighted by Gasteiger charge is -2.17. The topological polar surface area (TPSA) is 98.4 Å². The Balaban J connectivity index is 2.43. The monoisotopic (exact) mass is 372 g/mol. The van der Waals surface area contributed by atoms with Crippen molar-refractivity contribution in [3.05, 3.63) is 39.5 Å². The Kier molecular flexibility index (Phi) is 4.61. The molecule has 0 spiro atoms. The van der Waals surface area contributed by atoms with Crippen molar-refractivity contribution < 1.29 is 28.8 Å². The van der Waals surface area contributed by atoms with E-state index in [1.165, 1.54) is 33.5 Å². The van der Waals surface area contributed by atoms with E-state index in [1.54, 1.807) is 19.9 Å². The van der Waals surface area contributed by atoms with Crippen molar-refractivity contribution in [3.63, 3.8) is 0 Å². The van der Waals surface area contributed by atoms with E-state index in [0.29, 0.717) is 22.4 Å². The third-order valence-corrected chi connectivity index (χ3v) is 4.53. The highest BCUT2D eigenvalue weighted by atomic mass is 16.5. The maximum absolute atomic E-state index is 12.9. The van der Waals surface area contributed by atoms with Crippen LogP contribution in [0.2, 0.25) is 0 Å². The van der Waals surface area contributed by atoms with E-state index < -0.39 is 11.2 Å². The lowest BCUT2D eigenvalue weighted by molar-refractivity contribution is 0.373. The lowest BCUT2D eigenvalue weighted by atomic mass is 10.0. The summed E-state index contributed by atoms with van der Waals surface area (Å²) in [6.45, 7) is 3.51. The Morgan fingerprint density at radius 3 is 2.15 bits per heavy atom. The summed E-state index contributed by atoms with van der Waals surface area (Å²) in [5.41, 5.74) is 1.16. The summed E-state index contributed by atoms with van der Waals surface area (Å²) in [6, 6.07) is 4.43. The zero-order chi connectivity index (χ0) is 19.9. The highest BCUT2D eigenvalue weighted by Crippen LogP contribution is 2.42. The molecule has 0 unspecified atom stereocenters. The number of rotatable bonds is 4. The second kappa shape index (κ2) is 6.75. The minimum Gasteiger partial charge on any atom is -0.504 e. The lowest BCUT2D eigenvalue weighted by Crippen LogP contribution is -2.08. The van der Waals surface area contributed by atoms with Crippen molar-refractivity contribution in [2.24, 2.45) is 0 Å². The third-order valence-electron chi connectivity index (χ3n) is 4.53. The molecule has 0 atom stereocenters. The predicted octanol–water partition coefficient (Wildman–Crippen LogP) is 3.51. The van der Waals surface area contributed by atoms with E-state index in [-0.39, 0.29) is 34.0 Å². The molecule has 0 saturated heterocycles. The number of phenolic OH excluding ortho intramolecular Hbond substituents is 1. The second-order valence-corrected chi connectivity index (χ2v) is 6.02. The third kappa shape index (κ3) is 2.71. The van der Waals surface area contributed by atoms with Crippen LogP contribution in [0.15, 0.2) is 27.4 Å². The van der Waals surface area contributed by atoms with E-state index >= 15 is 0 Å². The normalized spacial score (nSPS) is 10.9. The quantitative estimate of drug-likeness (QED) is 0.723. The van der Waals surface area contributed by atoms with Crippen molar-refractivity contribution >= 4 is 11.0 Å². The Morgan fingerprint density at radius 1 is 0.926 bits per heavy atom. The Hall–Kier alpha value is -3.35. The number of methoxy groups -OCH3 is 3. The second-order valence-electron chi connectivity index (χ2n) is 6.02. The first-order chi connectivity index (χ1) is 12.8. The van der Waals surface area contributed by atoms with Crippen molar-refractivity contribution in [1.82, 2.24) is 0 Å². The molecule has 0 saturated carbocycles. The van der Waals surface area contributed by atoms with Crippen LogP contribution in [0.5, 0.6) is 28.7 Å². The zero-order valence-electron chi connectivity index (χ0n) is 15.7. The zero-order valence-corrected chi connectivity index (χ0v) is 15.7. The minimum absolute atomic E-state index is 0.0680. The van der Waals surface area contributed by atoms with Gasteiger partial charge in [-0.15, -0.1) is 0 Å². The van der Waals surface area contributed by atoms with Gasteiger partial charge in [-0.05, 0) is 32.0 Å². The smallest absolute Gasteiger partial charge is 0.238 e. The molecule has 27 heavy (non-hydrogen) atoms. The molecule has 1 heterocycles. The first-order valence-corrected chi connectivity index (χ1v) is 8.13. The average Bonchev–Trinajstić information content (AvgIpc) is 2.65. The molecule has 0 aliphatic carbocycles. The van der Waals surface area contributed by atoms with Crippen molar-refractivity contribution in [1.29, 1.82) is 0 Å². The number of aryl methyl sites for hydroxylation is 1. The van der Waals surface area contributed by atoms with E-state index in [4.69, 9.17) is 18.6 Å². The van der Waals surface area contributed by atoms with Crippen LogP contribution in [0.25, 0.3) is 22.3 Å². The molecule has 2 aromatic carbocycles. The number of hydrogen-bond acceptors (Lipinski definition) is 7. The van der Waals surface area contributed by atoms with E-state index in [9.17, 15) is 15.0 Å². The molecule has 0 radical (unpaired) electrons. The summed E-state index contributed by atoms with van der Waals surface area (Å²) in [4.78, 5) is 12.9. The molecule has 7 nitrogen and oxygen atoms in total. The number of phenols is 1. The van der Waals surface area contributed by atoms with Gasteiger partial charge in [-0.3, -0.25) is 4.79 Å². The van der Waals surface area contributed by atoms with Crippen LogP contribution in [0.1, 0.15) is 11.1 Å². The molecule has 3 rings (SSSR count). The summed E-state index contributed by atoms with van der Waals surface area (Å²) in [5.74, 6) is 0.276. The van der Waals surface area contributed by atoms with Gasteiger partial charge < -0.3 is 28.8 Å². The fourth-order valence-corrected chi connectivity index (χ4v) is 3.26. The fraction of sp³-hybridized carbons (Fsp3) is 0.250. The first-order valence-electron chi connectivity index (χ1n) is 8.13. The molecular formula is C20H20O7. The van der Waals surface area contributed by atoms with E-state index in [2.05, 4.69) is 0 Å². The van der Waals surface area contributed by atoms with E-state index in [1.807, 2.05) is 0 Å². The number of fused-ring (bicyclic) bond motifs is 1. The highest BCUT2D eigenvalue weighted by molar-refractivity contribution is 5.92. The van der Waals surface area contributed by atoms with Crippen LogP contribution in [0.4, 0.5) is 0 Å². The molecule has 2 N–H and O–H groups in total. The standard InChI is InChI=1S/C20H20O7/c1-9-17(25-4)10(2)19-14(18(9)26-5)15(22)16(23)20(27-19)11-6-7-13(24-3)12(21)8-11/h6-8,21,23H,1-5H3. The molecule has 0 aliphatic heterocycles. The van der Waals surface area contributed by atoms with Gasteiger partial charge in [-0.2, -0.15) is 0 Å². The summed E-state index contributed by atoms with van der Waals surface area (Å²) in [7, 11) is 4.37. The van der Waals surface area contributed by atoms with Crippen molar-refractivity contribution in [3.8, 4) is 40.1 Å². The average molecular weight is 372 g/mol. The molecule has 142 valence electrons. The molecule has 7 heteroatoms. The fourth-order valence-electron chi connectivity index (χ4n) is 3.26. The summed E-state index contributed by atoms with van der Waals surface area (Å²) >= 11 is 0. The maximum Gasteiger partial charge on any atom is 0.238 e. The van der Waals surface area contributed by atoms with Gasteiger partial charge in [-0.1, -0.05) is 0 Å². The Bertz CT molecular complexity index is 1100. The van der Waals surface area contributed by atoms with Gasteiger partial charge in [0, 0.05) is 16.7 Å². The van der Waals surface area contributed by atoms with Gasteiger partial charge in [0.05, 0.1) is 21.3 Å². The van der Waals surface area contributed by atoms with Crippen LogP contribution in [-0.2, 0) is 0 Å². The molecule has 0 aliphatic rings. The van der Waals surface area contributed by atoms with Crippen LogP contribution in [0, 0.1) is 13.8 Å². The molecule has 0 amide bonds. The first kappa shape index (κ1) is 18.4. The van der Waals surface area contributed by atoms with Crippen molar-refractivity contribution in [2.75, 3.05) is 21.3 Å². The van der Waals surface area contributed by atoms with Gasteiger partial charge in [0.1, 0.15) is 22.5 Å². The van der Waals surface area contributed by atoms with Gasteiger partial charge in [-0.25, -0.2) is 0 Å². The maximum atomic E-state index is 12.9. The SMILES string of the molecule is COc1ccc(-c2oc3c(C)c(OC)c(C)c(OC)c3c(=O)c2O)cc1O. The molecule has 1 aromatic heterocycles. The number of ether oxygens (including phenoxy) is 3. The highest BCUT2D eigenvalue weighted by Gasteiger charge is 2.25. The summed E-state index contributed by atoms with van der Waals surface area (Å²) in [6.07, 6.45) is 0. The summed E-state index contributed by atoms with van der Waals surface area (Å²) < 4.78 is 21.7. The van der Waals surface area contributed by atoms with Crippen LogP contribution >= 0.6 is 0 Å².